The highest BCUT2D eigenvalue weighted by atomic mass is 16.6. The van der Waals surface area contributed by atoms with Crippen molar-refractivity contribution in [3.63, 3.8) is 0 Å². The Balaban J connectivity index is 4.88. The second-order valence-corrected chi connectivity index (χ2v) is 6.90. The first-order chi connectivity index (χ1) is 9.42. The molecule has 0 spiro atoms. The Kier molecular flexibility index (Phi) is 6.94. The fraction of sp³-hybridized carbons (Fsp3) is 0.750. The van der Waals surface area contributed by atoms with Gasteiger partial charge in [-0.1, -0.05) is 33.3 Å². The number of allylic oxidation sites excluding steroid dienone is 1. The van der Waals surface area contributed by atoms with Crippen molar-refractivity contribution in [1.29, 1.82) is 0 Å². The van der Waals surface area contributed by atoms with Crippen LogP contribution in [-0.2, 0) is 9.53 Å². The van der Waals surface area contributed by atoms with Gasteiger partial charge in [-0.25, -0.2) is 9.59 Å². The first-order valence-electron chi connectivity index (χ1n) is 7.28. The molecular formula is C16H29NO4. The SMILES string of the molecule is C=CC(C)(C)C(CC)C[C@H](NC(=O)OC(C)(C)C)C(=O)O. The second kappa shape index (κ2) is 7.48. The van der Waals surface area contributed by atoms with E-state index in [1.54, 1.807) is 20.8 Å². The summed E-state index contributed by atoms with van der Waals surface area (Å²) in [6.07, 6.45) is 2.26. The molecule has 5 nitrogen and oxygen atoms in total. The molecule has 0 aliphatic carbocycles. The molecule has 0 rings (SSSR count). The molecular weight excluding hydrogens is 270 g/mol. The van der Waals surface area contributed by atoms with E-state index in [2.05, 4.69) is 11.9 Å². The third-order valence-electron chi connectivity index (χ3n) is 3.58. The van der Waals surface area contributed by atoms with Crippen molar-refractivity contribution in [2.24, 2.45) is 11.3 Å². The topological polar surface area (TPSA) is 75.6 Å². The summed E-state index contributed by atoms with van der Waals surface area (Å²) in [5.74, 6) is -0.954. The molecule has 1 unspecified atom stereocenters. The minimum atomic E-state index is -1.06. The Morgan fingerprint density at radius 2 is 1.81 bits per heavy atom. The third-order valence-corrected chi connectivity index (χ3v) is 3.58. The van der Waals surface area contributed by atoms with Crippen molar-refractivity contribution in [1.82, 2.24) is 5.32 Å². The van der Waals surface area contributed by atoms with Crippen LogP contribution in [0.25, 0.3) is 0 Å². The maximum atomic E-state index is 11.7. The average molecular weight is 299 g/mol. The summed E-state index contributed by atoms with van der Waals surface area (Å²) in [6, 6.07) is -0.968. The van der Waals surface area contributed by atoms with Crippen LogP contribution in [0, 0.1) is 11.3 Å². The van der Waals surface area contributed by atoms with Crippen LogP contribution in [0.1, 0.15) is 54.4 Å². The largest absolute Gasteiger partial charge is 0.480 e. The first-order valence-corrected chi connectivity index (χ1v) is 7.28. The molecule has 0 aromatic carbocycles. The van der Waals surface area contributed by atoms with Crippen LogP contribution in [0.15, 0.2) is 12.7 Å². The van der Waals surface area contributed by atoms with Crippen molar-refractivity contribution in [3.8, 4) is 0 Å². The normalized spacial score (nSPS) is 15.0. The van der Waals surface area contributed by atoms with Crippen LogP contribution in [0.4, 0.5) is 4.79 Å². The minimum absolute atomic E-state index is 0.103. The first kappa shape index (κ1) is 19.5. The van der Waals surface area contributed by atoms with Gasteiger partial charge in [0, 0.05) is 0 Å². The Bertz CT molecular complexity index is 382. The number of rotatable bonds is 7. The van der Waals surface area contributed by atoms with Crippen molar-refractivity contribution in [2.75, 3.05) is 0 Å². The van der Waals surface area contributed by atoms with E-state index in [4.69, 9.17) is 4.74 Å². The molecule has 122 valence electrons. The van der Waals surface area contributed by atoms with Gasteiger partial charge >= 0.3 is 12.1 Å². The summed E-state index contributed by atoms with van der Waals surface area (Å²) in [4.78, 5) is 23.1. The average Bonchev–Trinajstić information content (AvgIpc) is 2.31. The number of carbonyl (C=O) groups excluding carboxylic acids is 1. The summed E-state index contributed by atoms with van der Waals surface area (Å²) in [6.45, 7) is 15.0. The summed E-state index contributed by atoms with van der Waals surface area (Å²) in [7, 11) is 0. The number of hydrogen-bond acceptors (Lipinski definition) is 3. The molecule has 0 aliphatic rings. The number of ether oxygens (including phenoxy) is 1. The Labute approximate surface area is 127 Å². The molecule has 1 amide bonds. The van der Waals surface area contributed by atoms with Crippen LogP contribution in [0.3, 0.4) is 0 Å². The number of hydrogen-bond donors (Lipinski definition) is 2. The summed E-state index contributed by atoms with van der Waals surface area (Å²) >= 11 is 0. The van der Waals surface area contributed by atoms with Gasteiger partial charge in [-0.2, -0.15) is 0 Å². The zero-order chi connectivity index (χ0) is 16.8. The Morgan fingerprint density at radius 3 is 2.14 bits per heavy atom. The molecule has 5 heteroatoms. The molecule has 0 radical (unpaired) electrons. The molecule has 0 aliphatic heterocycles. The van der Waals surface area contributed by atoms with E-state index in [0.29, 0.717) is 6.42 Å². The zero-order valence-corrected chi connectivity index (χ0v) is 14.0. The summed E-state index contributed by atoms with van der Waals surface area (Å²) in [5, 5.41) is 11.7. The molecule has 0 saturated carbocycles. The smallest absolute Gasteiger partial charge is 0.408 e. The van der Waals surface area contributed by atoms with Gasteiger partial charge in [0.15, 0.2) is 0 Å². The number of carboxylic acids is 1. The predicted octanol–water partition coefficient (Wildman–Crippen LogP) is 3.59. The van der Waals surface area contributed by atoms with Crippen molar-refractivity contribution in [2.45, 2.75) is 66.0 Å². The van der Waals surface area contributed by atoms with Crippen LogP contribution in [0.5, 0.6) is 0 Å². The minimum Gasteiger partial charge on any atom is -0.480 e. The Morgan fingerprint density at radius 1 is 1.29 bits per heavy atom. The molecule has 0 aromatic heterocycles. The highest BCUT2D eigenvalue weighted by molar-refractivity contribution is 5.80. The number of amides is 1. The highest BCUT2D eigenvalue weighted by Crippen LogP contribution is 2.34. The maximum absolute atomic E-state index is 11.7. The molecule has 2 atom stereocenters. The molecule has 0 heterocycles. The van der Waals surface area contributed by atoms with Gasteiger partial charge in [0.1, 0.15) is 11.6 Å². The van der Waals surface area contributed by atoms with Crippen LogP contribution in [0.2, 0.25) is 0 Å². The van der Waals surface area contributed by atoms with Crippen molar-refractivity contribution < 1.29 is 19.4 Å². The van der Waals surface area contributed by atoms with Crippen LogP contribution < -0.4 is 5.32 Å². The molecule has 0 fully saturated rings. The fourth-order valence-corrected chi connectivity index (χ4v) is 2.12. The molecule has 21 heavy (non-hydrogen) atoms. The van der Waals surface area contributed by atoms with E-state index in [1.165, 1.54) is 0 Å². The van der Waals surface area contributed by atoms with Gasteiger partial charge in [-0.3, -0.25) is 0 Å². The zero-order valence-electron chi connectivity index (χ0n) is 14.0. The van der Waals surface area contributed by atoms with Crippen LogP contribution in [-0.4, -0.2) is 28.8 Å². The van der Waals surface area contributed by atoms with Gasteiger partial charge in [-0.15, -0.1) is 6.58 Å². The van der Waals surface area contributed by atoms with Gasteiger partial charge < -0.3 is 15.2 Å². The second-order valence-electron chi connectivity index (χ2n) is 6.90. The third kappa shape index (κ3) is 7.16. The number of carbonyl (C=O) groups is 2. The van der Waals surface area contributed by atoms with E-state index in [0.717, 1.165) is 6.42 Å². The Hall–Kier alpha value is -1.52. The lowest BCUT2D eigenvalue weighted by molar-refractivity contribution is -0.140. The van der Waals surface area contributed by atoms with Gasteiger partial charge in [0.05, 0.1) is 0 Å². The van der Waals surface area contributed by atoms with Crippen molar-refractivity contribution in [3.05, 3.63) is 12.7 Å². The lowest BCUT2D eigenvalue weighted by atomic mass is 9.74. The predicted molar refractivity (Wildman–Crippen MR) is 83.2 cm³/mol. The standard InChI is InChI=1S/C16H29NO4/c1-8-11(16(6,7)9-2)10-12(13(18)19)17-14(20)21-15(3,4)5/h9,11-12H,2,8,10H2,1,3-7H3,(H,17,20)(H,18,19)/t11?,12-/m0/s1. The molecule has 2 N–H and O–H groups in total. The van der Waals surface area contributed by atoms with Gasteiger partial charge in [0.25, 0.3) is 0 Å². The quantitative estimate of drug-likeness (QED) is 0.704. The number of alkyl carbamates (subject to hydrolysis) is 1. The molecule has 0 saturated heterocycles. The van der Waals surface area contributed by atoms with E-state index in [-0.39, 0.29) is 11.3 Å². The maximum Gasteiger partial charge on any atom is 0.408 e. The monoisotopic (exact) mass is 299 g/mol. The lowest BCUT2D eigenvalue weighted by Gasteiger charge is -2.33. The van der Waals surface area contributed by atoms with Gasteiger partial charge in [0.2, 0.25) is 0 Å². The molecule has 0 aromatic rings. The van der Waals surface area contributed by atoms with E-state index < -0.39 is 23.7 Å². The highest BCUT2D eigenvalue weighted by Gasteiger charge is 2.32. The van der Waals surface area contributed by atoms with Crippen molar-refractivity contribution >= 4 is 12.1 Å². The van der Waals surface area contributed by atoms with Gasteiger partial charge in [-0.05, 0) is 38.5 Å². The number of carboxylic acid groups (broad SMARTS) is 1. The van der Waals surface area contributed by atoms with E-state index in [1.807, 2.05) is 26.8 Å². The fourth-order valence-electron chi connectivity index (χ4n) is 2.12. The molecule has 0 bridgehead atoms. The summed E-state index contributed by atoms with van der Waals surface area (Å²) < 4.78 is 5.11. The van der Waals surface area contributed by atoms with E-state index >= 15 is 0 Å². The van der Waals surface area contributed by atoms with Crippen LogP contribution >= 0.6 is 0 Å². The summed E-state index contributed by atoms with van der Waals surface area (Å²) in [5.41, 5.74) is -0.851. The number of aliphatic carboxylic acids is 1. The number of nitrogens with one attached hydrogen (secondary N) is 1. The van der Waals surface area contributed by atoms with E-state index in [9.17, 15) is 14.7 Å². The lowest BCUT2D eigenvalue weighted by Crippen LogP contribution is -2.45.